The highest BCUT2D eigenvalue weighted by Crippen LogP contribution is 2.25. The Hall–Kier alpha value is -1.09. The molecular formula is C13H19N3. The quantitative estimate of drug-likeness (QED) is 0.714. The summed E-state index contributed by atoms with van der Waals surface area (Å²) in [6.45, 7) is 4.96. The SMILES string of the molecule is c1cncc(N2CCN3CCCC2CC3)c1. The Bertz CT molecular complexity index is 338. The second kappa shape index (κ2) is 4.42. The van der Waals surface area contributed by atoms with Gasteiger partial charge < -0.3 is 9.80 Å². The highest BCUT2D eigenvalue weighted by atomic mass is 15.2. The molecule has 0 aliphatic carbocycles. The van der Waals surface area contributed by atoms with Gasteiger partial charge >= 0.3 is 0 Å². The van der Waals surface area contributed by atoms with Crippen LogP contribution in [0, 0.1) is 0 Å². The van der Waals surface area contributed by atoms with Crippen LogP contribution in [0.1, 0.15) is 19.3 Å². The van der Waals surface area contributed by atoms with Crippen LogP contribution in [-0.2, 0) is 0 Å². The first-order valence-electron chi connectivity index (χ1n) is 6.32. The molecule has 2 atom stereocenters. The summed E-state index contributed by atoms with van der Waals surface area (Å²) in [7, 11) is 0. The Labute approximate surface area is 97.1 Å². The topological polar surface area (TPSA) is 19.4 Å². The molecule has 0 amide bonds. The van der Waals surface area contributed by atoms with Crippen molar-refractivity contribution in [2.75, 3.05) is 31.1 Å². The zero-order chi connectivity index (χ0) is 10.8. The van der Waals surface area contributed by atoms with Crippen LogP contribution in [0.4, 0.5) is 5.69 Å². The van der Waals surface area contributed by atoms with Gasteiger partial charge in [-0.15, -0.1) is 0 Å². The molecule has 2 fully saturated rings. The van der Waals surface area contributed by atoms with Gasteiger partial charge in [-0.1, -0.05) is 0 Å². The van der Waals surface area contributed by atoms with Crippen LogP contribution in [0.15, 0.2) is 24.5 Å². The Balaban J connectivity index is 1.84. The first-order chi connectivity index (χ1) is 7.93. The van der Waals surface area contributed by atoms with Gasteiger partial charge in [-0.3, -0.25) is 4.98 Å². The van der Waals surface area contributed by atoms with Gasteiger partial charge in [0.15, 0.2) is 0 Å². The standard InChI is InChI=1S/C13H19N3/c1-3-13(11-14-6-1)16-10-9-15-7-2-4-12(16)5-8-15/h1,3,6,11-12H,2,4-5,7-10H2. The van der Waals surface area contributed by atoms with E-state index < -0.39 is 0 Å². The van der Waals surface area contributed by atoms with E-state index in [0.717, 1.165) is 12.6 Å². The molecule has 86 valence electrons. The lowest BCUT2D eigenvalue weighted by Gasteiger charge is -2.32. The summed E-state index contributed by atoms with van der Waals surface area (Å²) in [4.78, 5) is 9.41. The molecule has 2 aliphatic rings. The molecule has 0 radical (unpaired) electrons. The summed E-state index contributed by atoms with van der Waals surface area (Å²) in [6.07, 6.45) is 7.86. The monoisotopic (exact) mass is 217 g/mol. The number of anilines is 1. The lowest BCUT2D eigenvalue weighted by atomic mass is 10.1. The third-order valence-corrected chi connectivity index (χ3v) is 3.87. The maximum Gasteiger partial charge on any atom is 0.0555 e. The van der Waals surface area contributed by atoms with Crippen LogP contribution in [0.25, 0.3) is 0 Å². The molecule has 16 heavy (non-hydrogen) atoms. The van der Waals surface area contributed by atoms with E-state index in [1.165, 1.54) is 44.6 Å². The van der Waals surface area contributed by atoms with E-state index in [9.17, 15) is 0 Å². The van der Waals surface area contributed by atoms with Crippen molar-refractivity contribution < 1.29 is 0 Å². The van der Waals surface area contributed by atoms with E-state index in [2.05, 4.69) is 20.9 Å². The van der Waals surface area contributed by atoms with Gasteiger partial charge in [-0.25, -0.2) is 0 Å². The predicted octanol–water partition coefficient (Wildman–Crippen LogP) is 1.76. The van der Waals surface area contributed by atoms with Crippen LogP contribution >= 0.6 is 0 Å². The molecule has 0 N–H and O–H groups in total. The van der Waals surface area contributed by atoms with Gasteiger partial charge in [0.05, 0.1) is 11.9 Å². The number of hydrogen-bond donors (Lipinski definition) is 0. The normalized spacial score (nSPS) is 29.9. The fraction of sp³-hybridized carbons (Fsp3) is 0.615. The van der Waals surface area contributed by atoms with E-state index >= 15 is 0 Å². The van der Waals surface area contributed by atoms with Gasteiger partial charge in [0.1, 0.15) is 0 Å². The summed E-state index contributed by atoms with van der Waals surface area (Å²) in [5, 5.41) is 0. The summed E-state index contributed by atoms with van der Waals surface area (Å²) in [5.74, 6) is 0. The molecule has 3 nitrogen and oxygen atoms in total. The van der Waals surface area contributed by atoms with Crippen molar-refractivity contribution in [3.05, 3.63) is 24.5 Å². The Morgan fingerprint density at radius 3 is 3.00 bits per heavy atom. The van der Waals surface area contributed by atoms with Gasteiger partial charge in [-0.2, -0.15) is 0 Å². The van der Waals surface area contributed by atoms with E-state index in [0.29, 0.717) is 0 Å². The van der Waals surface area contributed by atoms with Crippen molar-refractivity contribution in [1.82, 2.24) is 9.88 Å². The van der Waals surface area contributed by atoms with Gasteiger partial charge in [0.2, 0.25) is 0 Å². The number of aromatic nitrogens is 1. The van der Waals surface area contributed by atoms with E-state index in [-0.39, 0.29) is 0 Å². The predicted molar refractivity (Wildman–Crippen MR) is 65.7 cm³/mol. The van der Waals surface area contributed by atoms with Crippen LogP contribution in [0.3, 0.4) is 0 Å². The summed E-state index contributed by atoms with van der Waals surface area (Å²) < 4.78 is 0. The Morgan fingerprint density at radius 2 is 2.12 bits per heavy atom. The zero-order valence-corrected chi connectivity index (χ0v) is 9.68. The zero-order valence-electron chi connectivity index (χ0n) is 9.68. The molecule has 3 heterocycles. The third kappa shape index (κ3) is 1.92. The fourth-order valence-corrected chi connectivity index (χ4v) is 2.97. The minimum atomic E-state index is 0.733. The molecule has 2 saturated heterocycles. The molecule has 0 aromatic carbocycles. The summed E-state index contributed by atoms with van der Waals surface area (Å²) in [5.41, 5.74) is 1.30. The van der Waals surface area contributed by atoms with Crippen molar-refractivity contribution in [3.8, 4) is 0 Å². The number of nitrogens with zero attached hydrogens (tertiary/aromatic N) is 3. The van der Waals surface area contributed by atoms with Crippen LogP contribution in [0.2, 0.25) is 0 Å². The van der Waals surface area contributed by atoms with Crippen LogP contribution in [0.5, 0.6) is 0 Å². The smallest absolute Gasteiger partial charge is 0.0555 e. The lowest BCUT2D eigenvalue weighted by Crippen LogP contribution is -2.39. The molecule has 0 spiro atoms. The molecule has 3 rings (SSSR count). The van der Waals surface area contributed by atoms with Crippen molar-refractivity contribution in [1.29, 1.82) is 0 Å². The van der Waals surface area contributed by atoms with Crippen LogP contribution < -0.4 is 4.90 Å². The van der Waals surface area contributed by atoms with Gasteiger partial charge in [0.25, 0.3) is 0 Å². The fourth-order valence-electron chi connectivity index (χ4n) is 2.97. The minimum absolute atomic E-state index is 0.733. The largest absolute Gasteiger partial charge is 0.366 e. The van der Waals surface area contributed by atoms with Gasteiger partial charge in [0, 0.05) is 31.9 Å². The van der Waals surface area contributed by atoms with Crippen molar-refractivity contribution in [2.45, 2.75) is 25.3 Å². The molecule has 1 aromatic heterocycles. The van der Waals surface area contributed by atoms with Crippen molar-refractivity contribution >= 4 is 5.69 Å². The number of fused-ring (bicyclic) bond motifs is 3. The highest BCUT2D eigenvalue weighted by Gasteiger charge is 2.26. The molecular weight excluding hydrogens is 198 g/mol. The molecule has 1 aromatic rings. The molecule has 2 bridgehead atoms. The van der Waals surface area contributed by atoms with Crippen molar-refractivity contribution in [3.63, 3.8) is 0 Å². The molecule has 2 unspecified atom stereocenters. The highest BCUT2D eigenvalue weighted by molar-refractivity contribution is 5.45. The number of rotatable bonds is 1. The van der Waals surface area contributed by atoms with E-state index in [1.54, 1.807) is 0 Å². The van der Waals surface area contributed by atoms with Crippen LogP contribution in [-0.4, -0.2) is 42.1 Å². The third-order valence-electron chi connectivity index (χ3n) is 3.87. The first kappa shape index (κ1) is 10.1. The van der Waals surface area contributed by atoms with Crippen molar-refractivity contribution in [2.24, 2.45) is 0 Å². The molecule has 2 aliphatic heterocycles. The van der Waals surface area contributed by atoms with E-state index in [1.807, 2.05) is 18.5 Å². The average Bonchev–Trinajstić information content (AvgIpc) is 2.64. The Kier molecular flexibility index (Phi) is 2.79. The summed E-state index contributed by atoms with van der Waals surface area (Å²) >= 11 is 0. The van der Waals surface area contributed by atoms with Gasteiger partial charge in [-0.05, 0) is 37.9 Å². The molecule has 3 heteroatoms. The number of pyridine rings is 1. The maximum atomic E-state index is 4.24. The second-order valence-electron chi connectivity index (χ2n) is 4.83. The Morgan fingerprint density at radius 1 is 1.12 bits per heavy atom. The summed E-state index contributed by atoms with van der Waals surface area (Å²) in [6, 6.07) is 4.97. The first-order valence-corrected chi connectivity index (χ1v) is 6.32. The minimum Gasteiger partial charge on any atom is -0.366 e. The maximum absolute atomic E-state index is 4.24. The number of hydrogen-bond acceptors (Lipinski definition) is 3. The average molecular weight is 217 g/mol. The second-order valence-corrected chi connectivity index (χ2v) is 4.83. The molecule has 0 saturated carbocycles. The van der Waals surface area contributed by atoms with E-state index in [4.69, 9.17) is 0 Å². The lowest BCUT2D eigenvalue weighted by molar-refractivity contribution is 0.298.